The molecule has 0 spiro atoms. The minimum absolute atomic E-state index is 0.149. The van der Waals surface area contributed by atoms with Gasteiger partial charge in [-0.15, -0.1) is 0 Å². The van der Waals surface area contributed by atoms with E-state index in [9.17, 15) is 4.79 Å². The zero-order chi connectivity index (χ0) is 16.1. The number of ether oxygens (including phenoxy) is 1. The van der Waals surface area contributed by atoms with Gasteiger partial charge < -0.3 is 10.1 Å². The van der Waals surface area contributed by atoms with E-state index in [4.69, 9.17) is 4.74 Å². The summed E-state index contributed by atoms with van der Waals surface area (Å²) in [5.74, 6) is 1.38. The van der Waals surface area contributed by atoms with Crippen molar-refractivity contribution in [3.05, 3.63) is 29.8 Å². The van der Waals surface area contributed by atoms with Crippen LogP contribution in [0.5, 0.6) is 5.75 Å². The van der Waals surface area contributed by atoms with Crippen LogP contribution in [0.3, 0.4) is 0 Å². The molecule has 0 saturated heterocycles. The molecule has 3 nitrogen and oxygen atoms in total. The molecule has 0 aromatic heterocycles. The molecule has 0 heterocycles. The van der Waals surface area contributed by atoms with Gasteiger partial charge in [0, 0.05) is 24.4 Å². The van der Waals surface area contributed by atoms with Crippen LogP contribution in [0.1, 0.15) is 52.5 Å². The van der Waals surface area contributed by atoms with Crippen molar-refractivity contribution in [2.24, 2.45) is 5.92 Å². The first-order chi connectivity index (χ1) is 10.5. The highest BCUT2D eigenvalue weighted by Gasteiger charge is 2.30. The molecule has 1 fully saturated rings. The van der Waals surface area contributed by atoms with Crippen LogP contribution in [0.25, 0.3) is 0 Å². The first-order valence-electron chi connectivity index (χ1n) is 8.52. The van der Waals surface area contributed by atoms with Crippen LogP contribution in [0, 0.1) is 5.92 Å². The molecular formula is C19H29NO2. The van der Waals surface area contributed by atoms with Crippen molar-refractivity contribution in [1.82, 2.24) is 5.32 Å². The van der Waals surface area contributed by atoms with E-state index in [-0.39, 0.29) is 5.92 Å². The molecule has 122 valence electrons. The summed E-state index contributed by atoms with van der Waals surface area (Å²) in [6, 6.07) is 9.13. The Kier molecular flexibility index (Phi) is 6.01. The molecule has 2 rings (SSSR count). The van der Waals surface area contributed by atoms with Gasteiger partial charge in [0.15, 0.2) is 0 Å². The summed E-state index contributed by atoms with van der Waals surface area (Å²) in [5.41, 5.74) is 1.07. The number of hydrogen-bond acceptors (Lipinski definition) is 3. The van der Waals surface area contributed by atoms with Gasteiger partial charge in [-0.2, -0.15) is 0 Å². The minimum atomic E-state index is 0.149. The Morgan fingerprint density at radius 3 is 2.41 bits per heavy atom. The third-order valence-corrected chi connectivity index (χ3v) is 4.43. The maximum absolute atomic E-state index is 11.9. The lowest BCUT2D eigenvalue weighted by molar-refractivity contribution is -0.121. The lowest BCUT2D eigenvalue weighted by Crippen LogP contribution is -2.49. The summed E-state index contributed by atoms with van der Waals surface area (Å²) < 4.78 is 5.97. The van der Waals surface area contributed by atoms with Crippen molar-refractivity contribution in [3.8, 4) is 5.75 Å². The van der Waals surface area contributed by atoms with Crippen LogP contribution in [0.15, 0.2) is 24.3 Å². The van der Waals surface area contributed by atoms with Crippen LogP contribution < -0.4 is 10.1 Å². The zero-order valence-corrected chi connectivity index (χ0v) is 14.3. The summed E-state index contributed by atoms with van der Waals surface area (Å²) in [6.45, 7) is 8.40. The Morgan fingerprint density at radius 2 is 1.86 bits per heavy atom. The first-order valence-corrected chi connectivity index (χ1v) is 8.52. The molecule has 3 heteroatoms. The highest BCUT2D eigenvalue weighted by Crippen LogP contribution is 2.26. The number of Topliss-reactive ketones (excluding diaryl/α,β-unsaturated/α-hetero) is 1. The second-order valence-electron chi connectivity index (χ2n) is 6.83. The van der Waals surface area contributed by atoms with Crippen LogP contribution in [-0.4, -0.2) is 24.0 Å². The van der Waals surface area contributed by atoms with Gasteiger partial charge in [0.1, 0.15) is 17.6 Å². The molecule has 1 aliphatic rings. The summed E-state index contributed by atoms with van der Waals surface area (Å²) in [7, 11) is 0. The molecule has 1 aromatic carbocycles. The predicted octanol–water partition coefficient (Wildman–Crippen LogP) is 3.75. The Hall–Kier alpha value is -1.35. The second kappa shape index (κ2) is 7.77. The maximum Gasteiger partial charge on any atom is 0.140 e. The van der Waals surface area contributed by atoms with Crippen molar-refractivity contribution < 1.29 is 9.53 Å². The fraction of sp³-hybridized carbons (Fsp3) is 0.632. The SMILES string of the molecule is CCC(C)C(=O)Cc1ccc(OC2CC(NC(C)C)C2)cc1. The Labute approximate surface area is 134 Å². The topological polar surface area (TPSA) is 38.3 Å². The average Bonchev–Trinajstić information content (AvgIpc) is 2.45. The summed E-state index contributed by atoms with van der Waals surface area (Å²) in [6.07, 6.45) is 3.91. The molecule has 0 aliphatic heterocycles. The number of ketones is 1. The van der Waals surface area contributed by atoms with Crippen molar-refractivity contribution in [2.75, 3.05) is 0 Å². The highest BCUT2D eigenvalue weighted by atomic mass is 16.5. The lowest BCUT2D eigenvalue weighted by Gasteiger charge is -2.37. The smallest absolute Gasteiger partial charge is 0.140 e. The lowest BCUT2D eigenvalue weighted by atomic mass is 9.88. The van der Waals surface area contributed by atoms with E-state index >= 15 is 0 Å². The van der Waals surface area contributed by atoms with Crippen LogP contribution in [-0.2, 0) is 11.2 Å². The quantitative estimate of drug-likeness (QED) is 0.795. The van der Waals surface area contributed by atoms with Gasteiger partial charge in [0.05, 0.1) is 0 Å². The first kappa shape index (κ1) is 17.0. The van der Waals surface area contributed by atoms with E-state index in [0.717, 1.165) is 30.6 Å². The summed E-state index contributed by atoms with van der Waals surface area (Å²) in [4.78, 5) is 11.9. The minimum Gasteiger partial charge on any atom is -0.490 e. The molecule has 0 bridgehead atoms. The van der Waals surface area contributed by atoms with Gasteiger partial charge in [-0.3, -0.25) is 4.79 Å². The van der Waals surface area contributed by atoms with Crippen molar-refractivity contribution in [3.63, 3.8) is 0 Å². The standard InChI is InChI=1S/C19H29NO2/c1-5-14(4)19(21)10-15-6-8-17(9-7-15)22-18-11-16(12-18)20-13(2)3/h6-9,13-14,16,18,20H,5,10-12H2,1-4H3. The van der Waals surface area contributed by atoms with Crippen LogP contribution in [0.4, 0.5) is 0 Å². The van der Waals surface area contributed by atoms with E-state index in [1.54, 1.807) is 0 Å². The molecule has 1 unspecified atom stereocenters. The van der Waals surface area contributed by atoms with Crippen molar-refractivity contribution >= 4 is 5.78 Å². The number of benzene rings is 1. The number of carbonyl (C=O) groups is 1. The number of rotatable bonds is 8. The van der Waals surface area contributed by atoms with Gasteiger partial charge in [0.2, 0.25) is 0 Å². The van der Waals surface area contributed by atoms with Crippen molar-refractivity contribution in [2.45, 2.75) is 71.6 Å². The van der Waals surface area contributed by atoms with Crippen molar-refractivity contribution in [1.29, 1.82) is 0 Å². The van der Waals surface area contributed by atoms with Gasteiger partial charge in [-0.05, 0) is 37.0 Å². The van der Waals surface area contributed by atoms with E-state index < -0.39 is 0 Å². The van der Waals surface area contributed by atoms with Gasteiger partial charge in [-0.25, -0.2) is 0 Å². The largest absolute Gasteiger partial charge is 0.490 e. The summed E-state index contributed by atoms with van der Waals surface area (Å²) in [5, 5.41) is 3.52. The predicted molar refractivity (Wildman–Crippen MR) is 90.3 cm³/mol. The van der Waals surface area contributed by atoms with E-state index in [2.05, 4.69) is 26.1 Å². The summed E-state index contributed by atoms with van der Waals surface area (Å²) >= 11 is 0. The molecule has 0 radical (unpaired) electrons. The fourth-order valence-corrected chi connectivity index (χ4v) is 2.75. The van der Waals surface area contributed by atoms with E-state index in [1.807, 2.05) is 31.2 Å². The van der Waals surface area contributed by atoms with Gasteiger partial charge >= 0.3 is 0 Å². The van der Waals surface area contributed by atoms with E-state index in [0.29, 0.717) is 30.4 Å². The van der Waals surface area contributed by atoms with Gasteiger partial charge in [-0.1, -0.05) is 39.8 Å². The maximum atomic E-state index is 11.9. The molecule has 0 amide bonds. The monoisotopic (exact) mass is 303 g/mol. The third-order valence-electron chi connectivity index (χ3n) is 4.43. The molecular weight excluding hydrogens is 274 g/mol. The van der Waals surface area contributed by atoms with Gasteiger partial charge in [0.25, 0.3) is 0 Å². The number of hydrogen-bond donors (Lipinski definition) is 1. The highest BCUT2D eigenvalue weighted by molar-refractivity contribution is 5.82. The number of carbonyl (C=O) groups excluding carboxylic acids is 1. The normalized spacial score (nSPS) is 22.2. The number of nitrogens with one attached hydrogen (secondary N) is 1. The Bertz CT molecular complexity index is 475. The zero-order valence-electron chi connectivity index (χ0n) is 14.3. The molecule has 1 atom stereocenters. The van der Waals surface area contributed by atoms with E-state index in [1.165, 1.54) is 0 Å². The second-order valence-corrected chi connectivity index (χ2v) is 6.83. The fourth-order valence-electron chi connectivity index (χ4n) is 2.75. The molecule has 1 saturated carbocycles. The molecule has 1 aromatic rings. The molecule has 1 aliphatic carbocycles. The Morgan fingerprint density at radius 1 is 1.23 bits per heavy atom. The van der Waals surface area contributed by atoms with Crippen LogP contribution >= 0.6 is 0 Å². The third kappa shape index (κ3) is 4.84. The van der Waals surface area contributed by atoms with Crippen LogP contribution in [0.2, 0.25) is 0 Å². The molecule has 22 heavy (non-hydrogen) atoms. The Balaban J connectivity index is 1.77. The molecule has 1 N–H and O–H groups in total. The average molecular weight is 303 g/mol.